The van der Waals surface area contributed by atoms with Gasteiger partial charge < -0.3 is 9.64 Å². The molecule has 0 saturated carbocycles. The van der Waals surface area contributed by atoms with Crippen LogP contribution in [0.2, 0.25) is 0 Å². The van der Waals surface area contributed by atoms with Gasteiger partial charge in [0.1, 0.15) is 11.9 Å². The standard InChI is InChI=1S/C16H20N4O2S/c1-10-17-16(19-18-10)13-7-12-2-4-20(8-14(12)22-13)15(21)6-11-3-5-23-9-11/h3,5,9,12-14H,2,4,6-8H2,1H3,(H,17,18,19)/t12-,13+,14+/m1/s1. The van der Waals surface area contributed by atoms with E-state index in [1.165, 1.54) is 0 Å². The molecule has 2 aromatic rings. The fourth-order valence-corrected chi connectivity index (χ4v) is 4.18. The summed E-state index contributed by atoms with van der Waals surface area (Å²) in [5.41, 5.74) is 1.10. The highest BCUT2D eigenvalue weighted by Crippen LogP contribution is 2.39. The average molecular weight is 332 g/mol. The minimum atomic E-state index is -0.0399. The van der Waals surface area contributed by atoms with Crippen LogP contribution in [0.15, 0.2) is 16.8 Å². The summed E-state index contributed by atoms with van der Waals surface area (Å²) in [6.07, 6.45) is 2.51. The Morgan fingerprint density at radius 2 is 2.48 bits per heavy atom. The number of amides is 1. The molecule has 0 aromatic carbocycles. The van der Waals surface area contributed by atoms with E-state index >= 15 is 0 Å². The number of hydrogen-bond donors (Lipinski definition) is 1. The summed E-state index contributed by atoms with van der Waals surface area (Å²) >= 11 is 1.63. The van der Waals surface area contributed by atoms with Crippen LogP contribution in [0.3, 0.4) is 0 Å². The van der Waals surface area contributed by atoms with Crippen LogP contribution in [0, 0.1) is 12.8 Å². The lowest BCUT2D eigenvalue weighted by atomic mass is 9.91. The van der Waals surface area contributed by atoms with Gasteiger partial charge >= 0.3 is 0 Å². The number of hydrogen-bond acceptors (Lipinski definition) is 5. The largest absolute Gasteiger partial charge is 0.365 e. The number of piperidine rings is 1. The van der Waals surface area contributed by atoms with E-state index in [2.05, 4.69) is 15.2 Å². The van der Waals surface area contributed by atoms with E-state index in [0.717, 1.165) is 36.6 Å². The molecular weight excluding hydrogens is 312 g/mol. The molecule has 0 unspecified atom stereocenters. The fourth-order valence-electron chi connectivity index (χ4n) is 3.51. The maximum absolute atomic E-state index is 12.5. The summed E-state index contributed by atoms with van der Waals surface area (Å²) < 4.78 is 6.14. The van der Waals surface area contributed by atoms with Crippen LogP contribution in [0.25, 0.3) is 0 Å². The molecule has 0 bridgehead atoms. The van der Waals surface area contributed by atoms with Gasteiger partial charge in [0.05, 0.1) is 12.5 Å². The number of aromatic nitrogens is 3. The zero-order valence-electron chi connectivity index (χ0n) is 13.1. The van der Waals surface area contributed by atoms with E-state index in [1.54, 1.807) is 11.3 Å². The number of rotatable bonds is 3. The maximum Gasteiger partial charge on any atom is 0.227 e. The van der Waals surface area contributed by atoms with Gasteiger partial charge in [0, 0.05) is 13.1 Å². The molecule has 0 aliphatic carbocycles. The summed E-state index contributed by atoms with van der Waals surface area (Å²) in [7, 11) is 0. The Morgan fingerprint density at radius 1 is 1.57 bits per heavy atom. The van der Waals surface area contributed by atoms with Gasteiger partial charge in [0.25, 0.3) is 0 Å². The van der Waals surface area contributed by atoms with Crippen LogP contribution in [0.1, 0.15) is 36.2 Å². The molecule has 3 atom stereocenters. The molecule has 2 saturated heterocycles. The molecular formula is C16H20N4O2S. The normalized spacial score (nSPS) is 27.2. The zero-order valence-corrected chi connectivity index (χ0v) is 13.9. The number of carbonyl (C=O) groups is 1. The van der Waals surface area contributed by atoms with Gasteiger partial charge in [-0.2, -0.15) is 16.4 Å². The Morgan fingerprint density at radius 3 is 3.22 bits per heavy atom. The molecule has 4 heterocycles. The molecule has 4 rings (SSSR count). The Labute approximate surface area is 138 Å². The molecule has 1 amide bonds. The van der Waals surface area contributed by atoms with Crippen LogP contribution < -0.4 is 0 Å². The monoisotopic (exact) mass is 332 g/mol. The van der Waals surface area contributed by atoms with Crippen molar-refractivity contribution < 1.29 is 9.53 Å². The van der Waals surface area contributed by atoms with Crippen LogP contribution in [-0.4, -0.2) is 45.2 Å². The summed E-state index contributed by atoms with van der Waals surface area (Å²) in [6.45, 7) is 3.41. The highest BCUT2D eigenvalue weighted by Gasteiger charge is 2.41. The van der Waals surface area contributed by atoms with Gasteiger partial charge in [0.2, 0.25) is 5.91 Å². The number of nitrogens with zero attached hydrogens (tertiary/aromatic N) is 3. The Kier molecular flexibility index (Phi) is 3.90. The minimum absolute atomic E-state index is 0.0399. The quantitative estimate of drug-likeness (QED) is 0.934. The highest BCUT2D eigenvalue weighted by atomic mass is 32.1. The van der Waals surface area contributed by atoms with Gasteiger partial charge in [0.15, 0.2) is 5.82 Å². The first-order chi connectivity index (χ1) is 11.2. The second-order valence-electron chi connectivity index (χ2n) is 6.37. The highest BCUT2D eigenvalue weighted by molar-refractivity contribution is 7.07. The van der Waals surface area contributed by atoms with Crippen LogP contribution in [0.4, 0.5) is 0 Å². The van der Waals surface area contributed by atoms with Crippen molar-refractivity contribution in [1.29, 1.82) is 0 Å². The van der Waals surface area contributed by atoms with E-state index in [1.807, 2.05) is 28.7 Å². The zero-order chi connectivity index (χ0) is 15.8. The molecule has 1 N–H and O–H groups in total. The molecule has 7 heteroatoms. The molecule has 2 aliphatic heterocycles. The number of ether oxygens (including phenoxy) is 1. The first-order valence-electron chi connectivity index (χ1n) is 8.02. The number of aromatic amines is 1. The van der Waals surface area contributed by atoms with Gasteiger partial charge in [-0.3, -0.25) is 9.89 Å². The van der Waals surface area contributed by atoms with E-state index in [9.17, 15) is 4.79 Å². The molecule has 0 radical (unpaired) electrons. The molecule has 2 aromatic heterocycles. The van der Waals surface area contributed by atoms with Crippen LogP contribution in [0.5, 0.6) is 0 Å². The second-order valence-corrected chi connectivity index (χ2v) is 7.15. The van der Waals surface area contributed by atoms with Crippen molar-refractivity contribution >= 4 is 17.2 Å². The lowest BCUT2D eigenvalue weighted by Crippen LogP contribution is -2.45. The third-order valence-electron chi connectivity index (χ3n) is 4.74. The first kappa shape index (κ1) is 14.8. The predicted octanol–water partition coefficient (Wildman–Crippen LogP) is 2.10. The summed E-state index contributed by atoms with van der Waals surface area (Å²) in [5, 5.41) is 11.1. The number of likely N-dealkylation sites (tertiary alicyclic amines) is 1. The van der Waals surface area contributed by atoms with E-state index in [4.69, 9.17) is 4.74 Å². The van der Waals surface area contributed by atoms with Crippen molar-refractivity contribution in [1.82, 2.24) is 20.1 Å². The third kappa shape index (κ3) is 3.03. The summed E-state index contributed by atoms with van der Waals surface area (Å²) in [6, 6.07) is 2.02. The molecule has 23 heavy (non-hydrogen) atoms. The third-order valence-corrected chi connectivity index (χ3v) is 5.47. The average Bonchev–Trinajstić information content (AvgIpc) is 3.25. The molecule has 6 nitrogen and oxygen atoms in total. The van der Waals surface area contributed by atoms with E-state index < -0.39 is 0 Å². The van der Waals surface area contributed by atoms with Gasteiger partial charge in [-0.25, -0.2) is 4.98 Å². The predicted molar refractivity (Wildman–Crippen MR) is 86.1 cm³/mol. The molecule has 2 fully saturated rings. The lowest BCUT2D eigenvalue weighted by molar-refractivity contribution is -0.135. The molecule has 0 spiro atoms. The number of nitrogens with one attached hydrogen (secondary N) is 1. The van der Waals surface area contributed by atoms with Crippen molar-refractivity contribution in [2.45, 2.75) is 38.4 Å². The Balaban J connectivity index is 1.38. The van der Waals surface area contributed by atoms with Gasteiger partial charge in [-0.05, 0) is 48.1 Å². The number of thiophene rings is 1. The summed E-state index contributed by atoms with van der Waals surface area (Å²) in [5.74, 6) is 2.26. The number of H-pyrrole nitrogens is 1. The lowest BCUT2D eigenvalue weighted by Gasteiger charge is -2.34. The van der Waals surface area contributed by atoms with Crippen LogP contribution >= 0.6 is 11.3 Å². The van der Waals surface area contributed by atoms with Crippen LogP contribution in [-0.2, 0) is 16.0 Å². The number of carbonyl (C=O) groups excluding carboxylic acids is 1. The molecule has 2 aliphatic rings. The Hall–Kier alpha value is -1.73. The van der Waals surface area contributed by atoms with Crippen molar-refractivity contribution in [3.05, 3.63) is 34.0 Å². The van der Waals surface area contributed by atoms with Crippen molar-refractivity contribution in [2.24, 2.45) is 5.92 Å². The second kappa shape index (κ2) is 6.05. The van der Waals surface area contributed by atoms with Gasteiger partial charge in [-0.1, -0.05) is 0 Å². The van der Waals surface area contributed by atoms with E-state index in [0.29, 0.717) is 18.9 Å². The topological polar surface area (TPSA) is 71.1 Å². The minimum Gasteiger partial charge on any atom is -0.365 e. The van der Waals surface area contributed by atoms with Gasteiger partial charge in [-0.15, -0.1) is 0 Å². The molecule has 122 valence electrons. The first-order valence-corrected chi connectivity index (χ1v) is 8.96. The number of aryl methyl sites for hydroxylation is 1. The smallest absolute Gasteiger partial charge is 0.227 e. The number of fused-ring (bicyclic) bond motifs is 1. The fraction of sp³-hybridized carbons (Fsp3) is 0.562. The van der Waals surface area contributed by atoms with Crippen molar-refractivity contribution in [3.8, 4) is 0 Å². The van der Waals surface area contributed by atoms with E-state index in [-0.39, 0.29) is 18.1 Å². The maximum atomic E-state index is 12.5. The van der Waals surface area contributed by atoms with Crippen molar-refractivity contribution in [3.63, 3.8) is 0 Å². The van der Waals surface area contributed by atoms with Crippen molar-refractivity contribution in [2.75, 3.05) is 13.1 Å². The Bertz CT molecular complexity index is 684. The summed E-state index contributed by atoms with van der Waals surface area (Å²) in [4.78, 5) is 18.8. The SMILES string of the molecule is Cc1nc([C@@H]2C[C@H]3CCN(C(=O)Cc4ccsc4)C[C@@H]3O2)n[nH]1.